The zero-order valence-electron chi connectivity index (χ0n) is 10.4. The highest BCUT2D eigenvalue weighted by molar-refractivity contribution is 5.75. The molecule has 17 heavy (non-hydrogen) atoms. The molecule has 5 nitrogen and oxygen atoms in total. The van der Waals surface area contributed by atoms with Gasteiger partial charge in [-0.15, -0.1) is 0 Å². The van der Waals surface area contributed by atoms with Crippen LogP contribution in [0.25, 0.3) is 0 Å². The minimum absolute atomic E-state index is 0.0324. The number of carboxylic acids is 1. The van der Waals surface area contributed by atoms with Crippen molar-refractivity contribution in [3.63, 3.8) is 0 Å². The molecule has 0 aliphatic heterocycles. The van der Waals surface area contributed by atoms with Crippen LogP contribution in [-0.4, -0.2) is 29.7 Å². The van der Waals surface area contributed by atoms with Crippen LogP contribution < -0.4 is 10.6 Å². The Morgan fingerprint density at radius 1 is 1.41 bits per heavy atom. The molecule has 0 aromatic carbocycles. The molecule has 1 aliphatic carbocycles. The summed E-state index contributed by atoms with van der Waals surface area (Å²) in [6.45, 7) is 2.29. The summed E-state index contributed by atoms with van der Waals surface area (Å²) in [5.41, 5.74) is 0. The monoisotopic (exact) mass is 242 g/mol. The van der Waals surface area contributed by atoms with Crippen LogP contribution in [0.5, 0.6) is 0 Å². The first-order valence-electron chi connectivity index (χ1n) is 6.39. The summed E-state index contributed by atoms with van der Waals surface area (Å²) in [6.07, 6.45) is 5.66. The molecule has 1 aliphatic rings. The molecule has 0 spiro atoms. The van der Waals surface area contributed by atoms with Gasteiger partial charge in [0.2, 0.25) is 0 Å². The molecule has 0 aromatic rings. The largest absolute Gasteiger partial charge is 0.481 e. The van der Waals surface area contributed by atoms with Gasteiger partial charge in [0, 0.05) is 12.6 Å². The SMILES string of the molecule is CCCC(NC(=O)NCCC(=O)O)C1CCC1. The summed E-state index contributed by atoms with van der Waals surface area (Å²) in [7, 11) is 0. The lowest BCUT2D eigenvalue weighted by atomic mass is 9.78. The number of hydrogen-bond acceptors (Lipinski definition) is 2. The molecule has 3 N–H and O–H groups in total. The standard InChI is InChI=1S/C12H22N2O3/c1-2-4-10(9-5-3-6-9)14-12(17)13-8-7-11(15)16/h9-10H,2-8H2,1H3,(H,15,16)(H2,13,14,17). The van der Waals surface area contributed by atoms with Crippen LogP contribution in [0.3, 0.4) is 0 Å². The van der Waals surface area contributed by atoms with Crippen molar-refractivity contribution < 1.29 is 14.7 Å². The lowest BCUT2D eigenvalue weighted by Crippen LogP contribution is -2.47. The number of rotatable bonds is 7. The summed E-state index contributed by atoms with van der Waals surface area (Å²) < 4.78 is 0. The summed E-state index contributed by atoms with van der Waals surface area (Å²) in [4.78, 5) is 21.8. The van der Waals surface area contributed by atoms with Crippen LogP contribution in [0.1, 0.15) is 45.4 Å². The molecule has 0 heterocycles. The van der Waals surface area contributed by atoms with Crippen molar-refractivity contribution in [3.8, 4) is 0 Å². The Balaban J connectivity index is 2.23. The average Bonchev–Trinajstić information content (AvgIpc) is 2.14. The second-order valence-corrected chi connectivity index (χ2v) is 4.63. The average molecular weight is 242 g/mol. The van der Waals surface area contributed by atoms with Crippen molar-refractivity contribution in [2.24, 2.45) is 5.92 Å². The molecule has 2 amide bonds. The van der Waals surface area contributed by atoms with Crippen LogP contribution in [0, 0.1) is 5.92 Å². The topological polar surface area (TPSA) is 78.4 Å². The first kappa shape index (κ1) is 13.8. The summed E-state index contributed by atoms with van der Waals surface area (Å²) in [5.74, 6) is -0.283. The van der Waals surface area contributed by atoms with Crippen LogP contribution in [0.2, 0.25) is 0 Å². The molecule has 0 bridgehead atoms. The Morgan fingerprint density at radius 2 is 2.12 bits per heavy atom. The van der Waals surface area contributed by atoms with Crippen molar-refractivity contribution in [1.29, 1.82) is 0 Å². The van der Waals surface area contributed by atoms with E-state index in [1.807, 2.05) is 0 Å². The summed E-state index contributed by atoms with van der Waals surface area (Å²) in [6, 6.07) is 0.00942. The van der Waals surface area contributed by atoms with Gasteiger partial charge in [-0.3, -0.25) is 4.79 Å². The minimum Gasteiger partial charge on any atom is -0.481 e. The quantitative estimate of drug-likeness (QED) is 0.636. The third-order valence-electron chi connectivity index (χ3n) is 3.26. The number of nitrogens with one attached hydrogen (secondary N) is 2. The smallest absolute Gasteiger partial charge is 0.315 e. The van der Waals surface area contributed by atoms with Gasteiger partial charge in [-0.25, -0.2) is 4.79 Å². The predicted molar refractivity (Wildman–Crippen MR) is 64.8 cm³/mol. The third kappa shape index (κ3) is 5.06. The molecule has 98 valence electrons. The molecule has 1 unspecified atom stereocenters. The van der Waals surface area contributed by atoms with Gasteiger partial charge in [0.05, 0.1) is 6.42 Å². The number of urea groups is 1. The number of carbonyl (C=O) groups is 2. The minimum atomic E-state index is -0.894. The van der Waals surface area contributed by atoms with Crippen molar-refractivity contribution in [2.45, 2.75) is 51.5 Å². The molecule has 0 radical (unpaired) electrons. The van der Waals surface area contributed by atoms with Gasteiger partial charge < -0.3 is 15.7 Å². The van der Waals surface area contributed by atoms with Gasteiger partial charge in [0.25, 0.3) is 0 Å². The fourth-order valence-corrected chi connectivity index (χ4v) is 2.08. The highest BCUT2D eigenvalue weighted by Gasteiger charge is 2.27. The van der Waals surface area contributed by atoms with E-state index in [1.54, 1.807) is 0 Å². The second-order valence-electron chi connectivity index (χ2n) is 4.63. The first-order chi connectivity index (χ1) is 8.13. The Labute approximate surface area is 102 Å². The van der Waals surface area contributed by atoms with E-state index in [0.29, 0.717) is 5.92 Å². The Morgan fingerprint density at radius 3 is 2.59 bits per heavy atom. The molecule has 0 saturated heterocycles. The van der Waals surface area contributed by atoms with E-state index in [0.717, 1.165) is 12.8 Å². The van der Waals surface area contributed by atoms with Crippen molar-refractivity contribution in [1.82, 2.24) is 10.6 Å². The summed E-state index contributed by atoms with van der Waals surface area (Å²) in [5, 5.41) is 14.0. The molecule has 1 rings (SSSR count). The molecule has 0 aromatic heterocycles. The Kier molecular flexibility index (Phi) is 5.80. The highest BCUT2D eigenvalue weighted by atomic mass is 16.4. The first-order valence-corrected chi connectivity index (χ1v) is 6.39. The molecule has 1 fully saturated rings. The van der Waals surface area contributed by atoms with E-state index >= 15 is 0 Å². The molecule has 5 heteroatoms. The van der Waals surface area contributed by atoms with Crippen LogP contribution in [-0.2, 0) is 4.79 Å². The van der Waals surface area contributed by atoms with Gasteiger partial charge >= 0.3 is 12.0 Å². The third-order valence-corrected chi connectivity index (χ3v) is 3.26. The van der Waals surface area contributed by atoms with Gasteiger partial charge in [-0.1, -0.05) is 19.8 Å². The number of carbonyl (C=O) groups excluding carboxylic acids is 1. The van der Waals surface area contributed by atoms with Gasteiger partial charge in [-0.2, -0.15) is 0 Å². The van der Waals surface area contributed by atoms with Crippen LogP contribution in [0.4, 0.5) is 4.79 Å². The van der Waals surface area contributed by atoms with E-state index in [1.165, 1.54) is 19.3 Å². The Bertz CT molecular complexity index is 264. The van der Waals surface area contributed by atoms with E-state index in [-0.39, 0.29) is 25.0 Å². The zero-order chi connectivity index (χ0) is 12.7. The molecule has 1 atom stereocenters. The van der Waals surface area contributed by atoms with Gasteiger partial charge in [0.15, 0.2) is 0 Å². The lowest BCUT2D eigenvalue weighted by molar-refractivity contribution is -0.136. The van der Waals surface area contributed by atoms with Gasteiger partial charge in [-0.05, 0) is 25.2 Å². The van der Waals surface area contributed by atoms with Crippen molar-refractivity contribution in [3.05, 3.63) is 0 Å². The van der Waals surface area contributed by atoms with Crippen molar-refractivity contribution in [2.75, 3.05) is 6.54 Å². The van der Waals surface area contributed by atoms with Crippen LogP contribution >= 0.6 is 0 Å². The van der Waals surface area contributed by atoms with E-state index in [2.05, 4.69) is 17.6 Å². The highest BCUT2D eigenvalue weighted by Crippen LogP contribution is 2.31. The number of carboxylic acid groups (broad SMARTS) is 1. The maximum Gasteiger partial charge on any atom is 0.315 e. The lowest BCUT2D eigenvalue weighted by Gasteiger charge is -2.34. The zero-order valence-corrected chi connectivity index (χ0v) is 10.4. The maximum atomic E-state index is 11.5. The van der Waals surface area contributed by atoms with E-state index in [9.17, 15) is 9.59 Å². The normalized spacial score (nSPS) is 17.0. The fourth-order valence-electron chi connectivity index (χ4n) is 2.08. The molecular weight excluding hydrogens is 220 g/mol. The number of amides is 2. The number of aliphatic carboxylic acids is 1. The predicted octanol–water partition coefficient (Wildman–Crippen LogP) is 1.73. The summed E-state index contributed by atoms with van der Waals surface area (Å²) >= 11 is 0. The molecule has 1 saturated carbocycles. The van der Waals surface area contributed by atoms with Crippen molar-refractivity contribution >= 4 is 12.0 Å². The van der Waals surface area contributed by atoms with Gasteiger partial charge in [0.1, 0.15) is 0 Å². The van der Waals surface area contributed by atoms with Crippen LogP contribution in [0.15, 0.2) is 0 Å². The fraction of sp³-hybridized carbons (Fsp3) is 0.833. The Hall–Kier alpha value is -1.26. The maximum absolute atomic E-state index is 11.5. The second kappa shape index (κ2) is 7.14. The molecular formula is C12H22N2O3. The van der Waals surface area contributed by atoms with E-state index in [4.69, 9.17) is 5.11 Å². The van der Waals surface area contributed by atoms with E-state index < -0.39 is 5.97 Å². The number of hydrogen-bond donors (Lipinski definition) is 3.